The quantitative estimate of drug-likeness (QED) is 0.562. The molecule has 3 aromatic carbocycles. The number of nitrogens with one attached hydrogen (secondary N) is 1. The molecule has 1 heterocycles. The van der Waals surface area contributed by atoms with Gasteiger partial charge in [0, 0.05) is 17.7 Å². The predicted molar refractivity (Wildman–Crippen MR) is 118 cm³/mol. The molecule has 0 fully saturated rings. The second kappa shape index (κ2) is 8.15. The number of carbonyl (C=O) groups excluding carboxylic acids is 2. The molecule has 0 aromatic heterocycles. The average Bonchev–Trinajstić information content (AvgIpc) is 2.75. The monoisotopic (exact) mass is 399 g/mol. The SMILES string of the molecule is Cc1cccc(C(C)C)c1NC(=O)c1ccc2c(c1)CC(c1ccccc1)OC2=O. The van der Waals surface area contributed by atoms with Crippen LogP contribution < -0.4 is 5.32 Å². The number of esters is 1. The van der Waals surface area contributed by atoms with Gasteiger partial charge in [0.2, 0.25) is 0 Å². The Morgan fingerprint density at radius 2 is 1.80 bits per heavy atom. The number of ether oxygens (including phenoxy) is 1. The first kappa shape index (κ1) is 19.9. The minimum atomic E-state index is -0.349. The number of cyclic esters (lactones) is 1. The second-order valence-corrected chi connectivity index (χ2v) is 8.03. The molecule has 1 aliphatic rings. The molecule has 4 nitrogen and oxygen atoms in total. The molecule has 0 spiro atoms. The van der Waals surface area contributed by atoms with Crippen molar-refractivity contribution in [2.75, 3.05) is 5.32 Å². The van der Waals surface area contributed by atoms with E-state index in [1.807, 2.05) is 61.5 Å². The first-order valence-corrected chi connectivity index (χ1v) is 10.2. The summed E-state index contributed by atoms with van der Waals surface area (Å²) in [7, 11) is 0. The van der Waals surface area contributed by atoms with Crippen LogP contribution in [0.3, 0.4) is 0 Å². The van der Waals surface area contributed by atoms with Crippen LogP contribution in [0.2, 0.25) is 0 Å². The molecular formula is C26H25NO3. The third-order valence-electron chi connectivity index (χ3n) is 5.58. The van der Waals surface area contributed by atoms with E-state index in [0.29, 0.717) is 23.5 Å². The van der Waals surface area contributed by atoms with E-state index in [2.05, 4.69) is 19.2 Å². The normalized spacial score (nSPS) is 15.5. The third kappa shape index (κ3) is 3.86. The highest BCUT2D eigenvalue weighted by atomic mass is 16.5. The molecular weight excluding hydrogens is 374 g/mol. The summed E-state index contributed by atoms with van der Waals surface area (Å²) in [5.74, 6) is -0.229. The number of carbonyl (C=O) groups is 2. The zero-order valence-corrected chi connectivity index (χ0v) is 17.4. The van der Waals surface area contributed by atoms with Crippen LogP contribution in [-0.4, -0.2) is 11.9 Å². The fourth-order valence-electron chi connectivity index (χ4n) is 3.92. The Morgan fingerprint density at radius 1 is 1.03 bits per heavy atom. The summed E-state index contributed by atoms with van der Waals surface area (Å²) in [6.07, 6.45) is 0.210. The smallest absolute Gasteiger partial charge is 0.339 e. The van der Waals surface area contributed by atoms with Gasteiger partial charge in [0.1, 0.15) is 6.10 Å². The van der Waals surface area contributed by atoms with Crippen molar-refractivity contribution >= 4 is 17.6 Å². The Bertz CT molecular complexity index is 1100. The topological polar surface area (TPSA) is 55.4 Å². The number of aryl methyl sites for hydroxylation is 1. The molecule has 1 N–H and O–H groups in total. The number of fused-ring (bicyclic) bond motifs is 1. The van der Waals surface area contributed by atoms with Gasteiger partial charge in [-0.2, -0.15) is 0 Å². The minimum absolute atomic E-state index is 0.177. The standard InChI is InChI=1S/C26H25NO3/c1-16(2)21-11-7-8-17(3)24(21)27-25(28)19-12-13-22-20(14-19)15-23(30-26(22)29)18-9-5-4-6-10-18/h4-14,16,23H,15H2,1-3H3,(H,27,28). The molecule has 3 aromatic rings. The maximum Gasteiger partial charge on any atom is 0.339 e. The summed E-state index contributed by atoms with van der Waals surface area (Å²) in [5, 5.41) is 3.08. The molecule has 0 bridgehead atoms. The van der Waals surface area contributed by atoms with Crippen molar-refractivity contribution in [3.05, 3.63) is 100 Å². The van der Waals surface area contributed by atoms with Gasteiger partial charge in [0.15, 0.2) is 0 Å². The average molecular weight is 399 g/mol. The van der Waals surface area contributed by atoms with E-state index in [0.717, 1.165) is 27.9 Å². The van der Waals surface area contributed by atoms with Gasteiger partial charge in [0.25, 0.3) is 5.91 Å². The van der Waals surface area contributed by atoms with E-state index in [1.54, 1.807) is 12.1 Å². The number of anilines is 1. The van der Waals surface area contributed by atoms with Crippen LogP contribution in [0.15, 0.2) is 66.7 Å². The second-order valence-electron chi connectivity index (χ2n) is 8.03. The number of hydrogen-bond acceptors (Lipinski definition) is 3. The zero-order valence-electron chi connectivity index (χ0n) is 17.4. The van der Waals surface area contributed by atoms with Crippen molar-refractivity contribution in [1.82, 2.24) is 0 Å². The van der Waals surface area contributed by atoms with Crippen LogP contribution in [-0.2, 0) is 11.2 Å². The van der Waals surface area contributed by atoms with Crippen molar-refractivity contribution in [2.45, 2.75) is 39.2 Å². The Kier molecular flexibility index (Phi) is 5.40. The molecule has 4 rings (SSSR count). The van der Waals surface area contributed by atoms with E-state index < -0.39 is 0 Å². The van der Waals surface area contributed by atoms with Crippen molar-refractivity contribution < 1.29 is 14.3 Å². The highest BCUT2D eigenvalue weighted by Gasteiger charge is 2.28. The van der Waals surface area contributed by atoms with Gasteiger partial charge in [-0.05, 0) is 53.3 Å². The molecule has 1 aliphatic heterocycles. The fraction of sp³-hybridized carbons (Fsp3) is 0.231. The van der Waals surface area contributed by atoms with Gasteiger partial charge in [-0.3, -0.25) is 4.79 Å². The summed E-state index contributed by atoms with van der Waals surface area (Å²) in [4.78, 5) is 25.5. The van der Waals surface area contributed by atoms with Crippen molar-refractivity contribution in [2.24, 2.45) is 0 Å². The summed E-state index contributed by atoms with van der Waals surface area (Å²) in [5.41, 5.74) is 5.84. The summed E-state index contributed by atoms with van der Waals surface area (Å²) < 4.78 is 5.61. The van der Waals surface area contributed by atoms with Crippen molar-refractivity contribution in [3.8, 4) is 0 Å². The van der Waals surface area contributed by atoms with Crippen LogP contribution in [0.1, 0.15) is 68.8 Å². The van der Waals surface area contributed by atoms with Crippen LogP contribution >= 0.6 is 0 Å². The van der Waals surface area contributed by atoms with Gasteiger partial charge < -0.3 is 10.1 Å². The molecule has 4 heteroatoms. The van der Waals surface area contributed by atoms with Gasteiger partial charge >= 0.3 is 5.97 Å². The molecule has 30 heavy (non-hydrogen) atoms. The number of amides is 1. The molecule has 1 atom stereocenters. The summed E-state index contributed by atoms with van der Waals surface area (Å²) >= 11 is 0. The zero-order chi connectivity index (χ0) is 21.3. The summed E-state index contributed by atoms with van der Waals surface area (Å²) in [6.45, 7) is 6.21. The van der Waals surface area contributed by atoms with Crippen LogP contribution in [0, 0.1) is 6.92 Å². The van der Waals surface area contributed by atoms with E-state index >= 15 is 0 Å². The molecule has 0 saturated heterocycles. The van der Waals surface area contributed by atoms with E-state index in [-0.39, 0.29) is 18.0 Å². The van der Waals surface area contributed by atoms with Gasteiger partial charge in [-0.25, -0.2) is 4.79 Å². The highest BCUT2D eigenvalue weighted by Crippen LogP contribution is 2.32. The molecule has 152 valence electrons. The maximum atomic E-state index is 13.0. The van der Waals surface area contributed by atoms with Crippen molar-refractivity contribution in [1.29, 1.82) is 0 Å². The number of benzene rings is 3. The lowest BCUT2D eigenvalue weighted by molar-refractivity contribution is 0.0252. The Hall–Kier alpha value is -3.40. The van der Waals surface area contributed by atoms with Crippen LogP contribution in [0.5, 0.6) is 0 Å². The lowest BCUT2D eigenvalue weighted by Crippen LogP contribution is -2.23. The Labute approximate surface area is 176 Å². The molecule has 0 aliphatic carbocycles. The summed E-state index contributed by atoms with van der Waals surface area (Å²) in [6, 6.07) is 20.9. The van der Waals surface area contributed by atoms with Crippen molar-refractivity contribution in [3.63, 3.8) is 0 Å². The van der Waals surface area contributed by atoms with Gasteiger partial charge in [0.05, 0.1) is 5.56 Å². The minimum Gasteiger partial charge on any atom is -0.454 e. The lowest BCUT2D eigenvalue weighted by atomic mass is 9.93. The largest absolute Gasteiger partial charge is 0.454 e. The highest BCUT2D eigenvalue weighted by molar-refractivity contribution is 6.06. The maximum absolute atomic E-state index is 13.0. The van der Waals surface area contributed by atoms with Gasteiger partial charge in [-0.1, -0.05) is 62.4 Å². The molecule has 1 amide bonds. The van der Waals surface area contributed by atoms with E-state index in [4.69, 9.17) is 4.74 Å². The molecule has 1 unspecified atom stereocenters. The van der Waals surface area contributed by atoms with Gasteiger partial charge in [-0.15, -0.1) is 0 Å². The third-order valence-corrected chi connectivity index (χ3v) is 5.58. The van der Waals surface area contributed by atoms with E-state index in [9.17, 15) is 9.59 Å². The lowest BCUT2D eigenvalue weighted by Gasteiger charge is -2.25. The van der Waals surface area contributed by atoms with Crippen LogP contribution in [0.25, 0.3) is 0 Å². The first-order valence-electron chi connectivity index (χ1n) is 10.2. The fourth-order valence-corrected chi connectivity index (χ4v) is 3.92. The number of hydrogen-bond donors (Lipinski definition) is 1. The van der Waals surface area contributed by atoms with E-state index in [1.165, 1.54) is 0 Å². The molecule has 0 radical (unpaired) electrons. The number of rotatable bonds is 4. The number of para-hydroxylation sites is 1. The predicted octanol–water partition coefficient (Wildman–Crippen LogP) is 5.82. The molecule has 0 saturated carbocycles. The first-order chi connectivity index (χ1) is 14.4. The van der Waals surface area contributed by atoms with Crippen LogP contribution in [0.4, 0.5) is 5.69 Å². The Morgan fingerprint density at radius 3 is 2.53 bits per heavy atom. The Balaban J connectivity index is 1.62.